The van der Waals surface area contributed by atoms with Gasteiger partial charge >= 0.3 is 6.18 Å². The summed E-state index contributed by atoms with van der Waals surface area (Å²) in [6.07, 6.45) is 1.53. The van der Waals surface area contributed by atoms with Gasteiger partial charge in [-0.3, -0.25) is 0 Å². The summed E-state index contributed by atoms with van der Waals surface area (Å²) in [5, 5.41) is 3.54. The largest absolute Gasteiger partial charge is 0.391 e. The van der Waals surface area contributed by atoms with Gasteiger partial charge in [-0.05, 0) is 64.2 Å². The molecule has 1 aliphatic heterocycles. The second-order valence-corrected chi connectivity index (χ2v) is 6.30. The summed E-state index contributed by atoms with van der Waals surface area (Å²) in [7, 11) is 0. The molecule has 2 unspecified atom stereocenters. The highest BCUT2D eigenvalue weighted by molar-refractivity contribution is 4.84. The summed E-state index contributed by atoms with van der Waals surface area (Å²) >= 11 is 0. The molecule has 5 heteroatoms. The maximum absolute atomic E-state index is 12.6. The van der Waals surface area contributed by atoms with Crippen LogP contribution >= 0.6 is 0 Å². The van der Waals surface area contributed by atoms with Gasteiger partial charge in [0.05, 0.1) is 5.92 Å². The highest BCUT2D eigenvalue weighted by Crippen LogP contribution is 2.34. The number of alkyl halides is 3. The van der Waals surface area contributed by atoms with Crippen molar-refractivity contribution in [1.82, 2.24) is 10.2 Å². The molecule has 0 spiro atoms. The van der Waals surface area contributed by atoms with Crippen LogP contribution in [0, 0.1) is 11.8 Å². The molecule has 0 aromatic heterocycles. The summed E-state index contributed by atoms with van der Waals surface area (Å²) in [6, 6.07) is 0.632. The average Bonchev–Trinajstić information content (AvgIpc) is 2.84. The summed E-state index contributed by atoms with van der Waals surface area (Å²) in [5.74, 6) is -0.352. The monoisotopic (exact) mass is 292 g/mol. The van der Waals surface area contributed by atoms with Gasteiger partial charge in [0.2, 0.25) is 0 Å². The molecule has 1 saturated heterocycles. The third-order valence-electron chi connectivity index (χ3n) is 4.99. The second-order valence-electron chi connectivity index (χ2n) is 6.30. The number of rotatable bonds is 5. The molecular weight excluding hydrogens is 265 g/mol. The van der Waals surface area contributed by atoms with E-state index < -0.39 is 12.1 Å². The zero-order chi connectivity index (χ0) is 14.6. The second kappa shape index (κ2) is 7.12. The zero-order valence-electron chi connectivity index (χ0n) is 12.4. The first kappa shape index (κ1) is 16.1. The molecule has 1 heterocycles. The van der Waals surface area contributed by atoms with Crippen molar-refractivity contribution in [1.29, 1.82) is 0 Å². The first-order chi connectivity index (χ1) is 9.50. The van der Waals surface area contributed by atoms with Gasteiger partial charge in [0.25, 0.3) is 0 Å². The van der Waals surface area contributed by atoms with Crippen molar-refractivity contribution >= 4 is 0 Å². The van der Waals surface area contributed by atoms with E-state index >= 15 is 0 Å². The standard InChI is InChI=1S/C15H27F3N2/c1-2-19-14-5-3-4-12(14)6-9-20-10-7-13(8-11-20)15(16,17)18/h12-14,19H,2-11H2,1H3. The van der Waals surface area contributed by atoms with Gasteiger partial charge in [0, 0.05) is 6.04 Å². The molecule has 0 bridgehead atoms. The lowest BCUT2D eigenvalue weighted by molar-refractivity contribution is -0.185. The van der Waals surface area contributed by atoms with Gasteiger partial charge in [0.15, 0.2) is 0 Å². The molecule has 0 aromatic carbocycles. The Bertz CT molecular complexity index is 285. The normalized spacial score (nSPS) is 30.0. The van der Waals surface area contributed by atoms with Gasteiger partial charge in [-0.2, -0.15) is 13.2 Å². The number of hydrogen-bond acceptors (Lipinski definition) is 2. The van der Waals surface area contributed by atoms with Crippen molar-refractivity contribution in [3.05, 3.63) is 0 Å². The van der Waals surface area contributed by atoms with E-state index in [0.717, 1.165) is 25.4 Å². The predicted octanol–water partition coefficient (Wildman–Crippen LogP) is 3.43. The van der Waals surface area contributed by atoms with Crippen LogP contribution in [0.2, 0.25) is 0 Å². The molecule has 1 saturated carbocycles. The van der Waals surface area contributed by atoms with E-state index in [9.17, 15) is 13.2 Å². The minimum atomic E-state index is -3.99. The van der Waals surface area contributed by atoms with Gasteiger partial charge in [0.1, 0.15) is 0 Å². The van der Waals surface area contributed by atoms with Crippen LogP contribution < -0.4 is 5.32 Å². The Balaban J connectivity index is 1.68. The van der Waals surface area contributed by atoms with Crippen LogP contribution in [0.3, 0.4) is 0 Å². The summed E-state index contributed by atoms with van der Waals surface area (Å²) in [6.45, 7) is 5.35. The van der Waals surface area contributed by atoms with Crippen molar-refractivity contribution < 1.29 is 13.2 Å². The van der Waals surface area contributed by atoms with Crippen LogP contribution in [0.15, 0.2) is 0 Å². The number of nitrogens with one attached hydrogen (secondary N) is 1. The Hall–Kier alpha value is -0.290. The molecular formula is C15H27F3N2. The number of likely N-dealkylation sites (tertiary alicyclic amines) is 1. The van der Waals surface area contributed by atoms with Crippen LogP contribution in [0.5, 0.6) is 0 Å². The summed E-state index contributed by atoms with van der Waals surface area (Å²) in [5.41, 5.74) is 0. The summed E-state index contributed by atoms with van der Waals surface area (Å²) in [4.78, 5) is 2.23. The Morgan fingerprint density at radius 2 is 1.80 bits per heavy atom. The topological polar surface area (TPSA) is 15.3 Å². The molecule has 118 valence electrons. The summed E-state index contributed by atoms with van der Waals surface area (Å²) < 4.78 is 37.8. The zero-order valence-corrected chi connectivity index (χ0v) is 12.4. The smallest absolute Gasteiger partial charge is 0.314 e. The SMILES string of the molecule is CCNC1CCCC1CCN1CCC(C(F)(F)F)CC1. The van der Waals surface area contributed by atoms with Crippen molar-refractivity contribution in [2.24, 2.45) is 11.8 Å². The van der Waals surface area contributed by atoms with Gasteiger partial charge in [-0.25, -0.2) is 0 Å². The molecule has 1 N–H and O–H groups in total. The number of halogens is 3. The first-order valence-corrected chi connectivity index (χ1v) is 8.03. The Morgan fingerprint density at radius 3 is 2.40 bits per heavy atom. The Kier molecular flexibility index (Phi) is 5.73. The Morgan fingerprint density at radius 1 is 1.10 bits per heavy atom. The number of piperidine rings is 1. The number of hydrogen-bond donors (Lipinski definition) is 1. The molecule has 1 aliphatic carbocycles. The van der Waals surface area contributed by atoms with E-state index in [-0.39, 0.29) is 12.8 Å². The van der Waals surface area contributed by atoms with E-state index in [1.54, 1.807) is 0 Å². The van der Waals surface area contributed by atoms with Crippen molar-refractivity contribution in [2.45, 2.75) is 57.7 Å². The lowest BCUT2D eigenvalue weighted by atomic mass is 9.94. The average molecular weight is 292 g/mol. The van der Waals surface area contributed by atoms with E-state index in [2.05, 4.69) is 17.1 Å². The van der Waals surface area contributed by atoms with Crippen molar-refractivity contribution in [3.63, 3.8) is 0 Å². The Labute approximate surface area is 120 Å². The highest BCUT2D eigenvalue weighted by atomic mass is 19.4. The lowest BCUT2D eigenvalue weighted by Crippen LogP contribution is -2.40. The molecule has 20 heavy (non-hydrogen) atoms. The first-order valence-electron chi connectivity index (χ1n) is 8.03. The van der Waals surface area contributed by atoms with E-state index in [4.69, 9.17) is 0 Å². The van der Waals surface area contributed by atoms with Crippen LogP contribution in [-0.2, 0) is 0 Å². The fraction of sp³-hybridized carbons (Fsp3) is 1.00. The molecule has 0 aromatic rings. The molecule has 2 fully saturated rings. The molecule has 2 atom stereocenters. The third-order valence-corrected chi connectivity index (χ3v) is 4.99. The molecule has 2 nitrogen and oxygen atoms in total. The van der Waals surface area contributed by atoms with Crippen molar-refractivity contribution in [3.8, 4) is 0 Å². The van der Waals surface area contributed by atoms with E-state index in [1.165, 1.54) is 19.3 Å². The number of nitrogens with zero attached hydrogens (tertiary/aromatic N) is 1. The van der Waals surface area contributed by atoms with E-state index in [0.29, 0.717) is 19.1 Å². The van der Waals surface area contributed by atoms with Crippen LogP contribution in [-0.4, -0.2) is 43.3 Å². The fourth-order valence-electron chi connectivity index (χ4n) is 3.75. The maximum Gasteiger partial charge on any atom is 0.391 e. The molecule has 0 amide bonds. The predicted molar refractivity (Wildman–Crippen MR) is 74.6 cm³/mol. The van der Waals surface area contributed by atoms with E-state index in [1.807, 2.05) is 0 Å². The molecule has 0 radical (unpaired) electrons. The van der Waals surface area contributed by atoms with Gasteiger partial charge in [-0.15, -0.1) is 0 Å². The molecule has 2 rings (SSSR count). The fourth-order valence-corrected chi connectivity index (χ4v) is 3.75. The highest BCUT2D eigenvalue weighted by Gasteiger charge is 2.41. The van der Waals surface area contributed by atoms with Crippen molar-refractivity contribution in [2.75, 3.05) is 26.2 Å². The van der Waals surface area contributed by atoms with Crippen LogP contribution in [0.1, 0.15) is 45.4 Å². The minimum absolute atomic E-state index is 0.283. The van der Waals surface area contributed by atoms with Gasteiger partial charge < -0.3 is 10.2 Å². The molecule has 2 aliphatic rings. The quantitative estimate of drug-likeness (QED) is 0.835. The maximum atomic E-state index is 12.6. The minimum Gasteiger partial charge on any atom is -0.314 e. The lowest BCUT2D eigenvalue weighted by Gasteiger charge is -2.33. The third kappa shape index (κ3) is 4.35. The van der Waals surface area contributed by atoms with Crippen LogP contribution in [0.25, 0.3) is 0 Å². The van der Waals surface area contributed by atoms with Gasteiger partial charge in [-0.1, -0.05) is 13.3 Å². The van der Waals surface area contributed by atoms with Crippen LogP contribution in [0.4, 0.5) is 13.2 Å².